The minimum atomic E-state index is -2.58. The fourth-order valence-corrected chi connectivity index (χ4v) is 14.1. The fourth-order valence-electron chi connectivity index (χ4n) is 9.95. The zero-order valence-electron chi connectivity index (χ0n) is 33.3. The van der Waals surface area contributed by atoms with E-state index in [-0.39, 0.29) is 61.2 Å². The van der Waals surface area contributed by atoms with Gasteiger partial charge in [-0.25, -0.2) is 0 Å². The third-order valence-corrected chi connectivity index (χ3v) is 17.4. The summed E-state index contributed by atoms with van der Waals surface area (Å²) in [5.41, 5.74) is 3.15. The van der Waals surface area contributed by atoms with E-state index in [1.807, 2.05) is 66.7 Å². The van der Waals surface area contributed by atoms with Crippen LogP contribution in [0.15, 0.2) is 91.0 Å². The van der Waals surface area contributed by atoms with Crippen LogP contribution >= 0.6 is 11.6 Å². The van der Waals surface area contributed by atoms with Gasteiger partial charge in [-0.2, -0.15) is 0 Å². The highest BCUT2D eigenvalue weighted by Gasteiger charge is 2.66. The number of hydrogen-bond acceptors (Lipinski definition) is 8. The van der Waals surface area contributed by atoms with Gasteiger partial charge in [-0.15, -0.1) is 0 Å². The summed E-state index contributed by atoms with van der Waals surface area (Å²) >= 11 is 6.73. The van der Waals surface area contributed by atoms with Gasteiger partial charge >= 0.3 is 5.97 Å². The molecule has 1 N–H and O–H groups in total. The van der Waals surface area contributed by atoms with Crippen LogP contribution in [0.3, 0.4) is 0 Å². The molecular weight excluding hydrogens is 774 g/mol. The average Bonchev–Trinajstić information content (AvgIpc) is 3.62. The van der Waals surface area contributed by atoms with Gasteiger partial charge < -0.3 is 29.1 Å². The Morgan fingerprint density at radius 3 is 2.40 bits per heavy atom. The number of benzene rings is 4. The van der Waals surface area contributed by atoms with Crippen molar-refractivity contribution in [3.05, 3.63) is 118 Å². The predicted molar refractivity (Wildman–Crippen MR) is 223 cm³/mol. The predicted octanol–water partition coefficient (Wildman–Crippen LogP) is 6.07. The lowest BCUT2D eigenvalue weighted by atomic mass is 9.82. The lowest BCUT2D eigenvalue weighted by molar-refractivity contribution is -0.154. The number of aliphatic hydroxyl groups excluding tert-OH is 1. The Labute approximate surface area is 344 Å². The van der Waals surface area contributed by atoms with Gasteiger partial charge in [0, 0.05) is 35.7 Å². The summed E-state index contributed by atoms with van der Waals surface area (Å²) in [5.74, 6) is -0.664. The zero-order valence-corrected chi connectivity index (χ0v) is 35.1. The van der Waals surface area contributed by atoms with E-state index in [4.69, 9.17) is 25.8 Å². The smallest absolute Gasteiger partial charge is 0.304 e. The molecular formula is C45H48ClN3O8Si. The normalized spacial score (nSPS) is 25.1. The number of anilines is 2. The Morgan fingerprint density at radius 1 is 0.966 bits per heavy atom. The molecule has 4 aromatic carbocycles. The lowest BCUT2D eigenvalue weighted by Crippen LogP contribution is -2.54. The molecule has 4 heterocycles. The number of β-lactam (4-membered cyclic amide) rings is 1. The van der Waals surface area contributed by atoms with Crippen LogP contribution in [0.2, 0.25) is 23.7 Å². The molecule has 0 radical (unpaired) electrons. The van der Waals surface area contributed by atoms with Crippen LogP contribution in [0.25, 0.3) is 0 Å². The van der Waals surface area contributed by atoms with Crippen molar-refractivity contribution in [1.82, 2.24) is 4.90 Å². The largest absolute Gasteiger partial charge is 0.497 e. The van der Waals surface area contributed by atoms with Crippen LogP contribution in [0.5, 0.6) is 5.75 Å². The molecule has 0 aliphatic carbocycles. The Hall–Kier alpha value is -5.01. The molecule has 1 spiro atoms. The van der Waals surface area contributed by atoms with Crippen LogP contribution in [-0.4, -0.2) is 73.9 Å². The fraction of sp³-hybridized carbons (Fsp3) is 0.378. The molecule has 8 rings (SSSR count). The number of ether oxygens (including phenoxy) is 3. The number of carbonyl (C=O) groups is 4. The van der Waals surface area contributed by atoms with Crippen LogP contribution in [-0.2, 0) is 53.8 Å². The first-order valence-electron chi connectivity index (χ1n) is 19.8. The standard InChI is InChI=1S/C45H48ClN3O8Si/c1-27-43(58(4,5)36-16-14-35(55-3)15-17-36)39(22-40(52)47-25-31-11-7-6-10-30(31)20-34(47)26-50)57-45(27)37-21-32(46)13-18-38(37)48(44(45)54)24-29-9-8-12-33(19-29)49-41(53)23-42(49)56-28(2)51/h6-19,21,27,34,39,42-43,50H,20,22-26H2,1-5H3/t27-,34-,39+,42?,43-,45+/m0/s1. The quantitative estimate of drug-likeness (QED) is 0.116. The van der Waals surface area contributed by atoms with Crippen molar-refractivity contribution in [3.63, 3.8) is 0 Å². The van der Waals surface area contributed by atoms with Crippen LogP contribution in [0.1, 0.15) is 48.9 Å². The minimum absolute atomic E-state index is 0.0284. The van der Waals surface area contributed by atoms with E-state index in [2.05, 4.69) is 32.2 Å². The number of methoxy groups -OCH3 is 1. The molecule has 2 saturated heterocycles. The minimum Gasteiger partial charge on any atom is -0.497 e. The molecule has 0 saturated carbocycles. The van der Waals surface area contributed by atoms with E-state index in [9.17, 15) is 19.5 Å². The molecule has 0 bridgehead atoms. The number of aliphatic hydroxyl groups is 1. The molecule has 302 valence electrons. The van der Waals surface area contributed by atoms with Crippen molar-refractivity contribution in [2.75, 3.05) is 23.5 Å². The van der Waals surface area contributed by atoms with Crippen molar-refractivity contribution in [2.24, 2.45) is 5.92 Å². The summed E-state index contributed by atoms with van der Waals surface area (Å²) < 4.78 is 18.1. The summed E-state index contributed by atoms with van der Waals surface area (Å²) in [6.45, 7) is 8.30. The molecule has 4 aromatic rings. The van der Waals surface area contributed by atoms with Gasteiger partial charge in [-0.3, -0.25) is 24.1 Å². The monoisotopic (exact) mass is 821 g/mol. The second-order valence-electron chi connectivity index (χ2n) is 16.4. The number of esters is 1. The first-order valence-corrected chi connectivity index (χ1v) is 23.2. The van der Waals surface area contributed by atoms with E-state index in [0.717, 1.165) is 27.6 Å². The first-order chi connectivity index (χ1) is 27.8. The molecule has 11 nitrogen and oxygen atoms in total. The second-order valence-corrected chi connectivity index (χ2v) is 21.6. The lowest BCUT2D eigenvalue weighted by Gasteiger charge is -2.39. The van der Waals surface area contributed by atoms with Crippen LogP contribution in [0, 0.1) is 5.92 Å². The highest BCUT2D eigenvalue weighted by Crippen LogP contribution is 2.60. The Balaban J connectivity index is 1.17. The van der Waals surface area contributed by atoms with Gasteiger partial charge in [0.1, 0.15) is 5.75 Å². The van der Waals surface area contributed by atoms with Crippen molar-refractivity contribution in [2.45, 2.75) is 88.8 Å². The SMILES string of the molecule is COc1ccc([Si](C)(C)[C@@H]2[C@@H](CC(=O)N3Cc4ccccc4C[C@H]3CO)O[C@]3(C(=O)N(Cc4cccc(N5C(=O)CC5OC(C)=O)c4)c4ccc(Cl)cc43)[C@H]2C)cc1. The summed E-state index contributed by atoms with van der Waals surface area (Å²) in [6, 6.07) is 28.4. The van der Waals surface area contributed by atoms with Gasteiger partial charge in [-0.05, 0) is 71.1 Å². The first kappa shape index (κ1) is 39.8. The Morgan fingerprint density at radius 2 is 1.71 bits per heavy atom. The van der Waals surface area contributed by atoms with Crippen LogP contribution < -0.4 is 19.7 Å². The number of fused-ring (bicyclic) bond motifs is 3. The summed E-state index contributed by atoms with van der Waals surface area (Å²) in [4.78, 5) is 59.3. The summed E-state index contributed by atoms with van der Waals surface area (Å²) in [5, 5.41) is 12.1. The van der Waals surface area contributed by atoms with Crippen molar-refractivity contribution < 1.29 is 38.5 Å². The Bertz CT molecular complexity index is 2290. The molecule has 58 heavy (non-hydrogen) atoms. The van der Waals surface area contributed by atoms with Gasteiger partial charge in [0.15, 0.2) is 11.8 Å². The topological polar surface area (TPSA) is 126 Å². The molecule has 13 heteroatoms. The molecule has 3 amide bonds. The molecule has 6 atom stereocenters. The maximum atomic E-state index is 15.4. The van der Waals surface area contributed by atoms with E-state index in [1.54, 1.807) is 29.0 Å². The maximum Gasteiger partial charge on any atom is 0.304 e. The number of halogens is 1. The van der Waals surface area contributed by atoms with Crippen molar-refractivity contribution >= 4 is 59.9 Å². The molecule has 4 aliphatic heterocycles. The van der Waals surface area contributed by atoms with Crippen LogP contribution in [0.4, 0.5) is 11.4 Å². The second kappa shape index (κ2) is 15.3. The van der Waals surface area contributed by atoms with Gasteiger partial charge in [0.05, 0.1) is 59.0 Å². The number of carbonyl (C=O) groups excluding carboxylic acids is 4. The highest BCUT2D eigenvalue weighted by atomic mass is 35.5. The molecule has 4 aliphatic rings. The van der Waals surface area contributed by atoms with E-state index in [1.165, 1.54) is 11.8 Å². The number of amides is 3. The number of nitrogens with zero attached hydrogens (tertiary/aromatic N) is 3. The zero-order chi connectivity index (χ0) is 41.1. The molecule has 1 unspecified atom stereocenters. The van der Waals surface area contributed by atoms with E-state index >= 15 is 4.79 Å². The molecule has 0 aromatic heterocycles. The van der Waals surface area contributed by atoms with Crippen molar-refractivity contribution in [1.29, 1.82) is 0 Å². The summed E-state index contributed by atoms with van der Waals surface area (Å²) in [7, 11) is -0.948. The third-order valence-electron chi connectivity index (χ3n) is 12.8. The highest BCUT2D eigenvalue weighted by molar-refractivity contribution is 6.91. The van der Waals surface area contributed by atoms with Gasteiger partial charge in [-0.1, -0.05) is 85.3 Å². The van der Waals surface area contributed by atoms with E-state index < -0.39 is 32.0 Å². The van der Waals surface area contributed by atoms with Gasteiger partial charge in [0.25, 0.3) is 5.91 Å². The number of hydrogen-bond donors (Lipinski definition) is 1. The number of rotatable bonds is 10. The van der Waals surface area contributed by atoms with Crippen molar-refractivity contribution in [3.8, 4) is 5.75 Å². The average molecular weight is 822 g/mol. The summed E-state index contributed by atoms with van der Waals surface area (Å²) in [6.07, 6.45) is -0.642. The van der Waals surface area contributed by atoms with Gasteiger partial charge in [0.2, 0.25) is 11.8 Å². The third kappa shape index (κ3) is 6.69. The van der Waals surface area contributed by atoms with E-state index in [0.29, 0.717) is 34.9 Å². The maximum absolute atomic E-state index is 15.4. The Kier molecular flexibility index (Phi) is 10.5. The molecule has 2 fully saturated rings.